The predicted octanol–water partition coefficient (Wildman–Crippen LogP) is 3.75. The van der Waals surface area contributed by atoms with E-state index >= 15 is 0 Å². The van der Waals surface area contributed by atoms with Crippen molar-refractivity contribution in [1.29, 1.82) is 0 Å². The molecule has 0 spiro atoms. The van der Waals surface area contributed by atoms with Gasteiger partial charge in [-0.25, -0.2) is 0 Å². The van der Waals surface area contributed by atoms with Crippen LogP contribution < -0.4 is 0 Å². The second-order valence-corrected chi connectivity index (χ2v) is 5.11. The van der Waals surface area contributed by atoms with E-state index in [0.29, 0.717) is 0 Å². The van der Waals surface area contributed by atoms with Crippen molar-refractivity contribution < 1.29 is 0 Å². The van der Waals surface area contributed by atoms with Gasteiger partial charge in [-0.3, -0.25) is 4.90 Å². The van der Waals surface area contributed by atoms with Crippen molar-refractivity contribution in [1.82, 2.24) is 4.90 Å². The van der Waals surface area contributed by atoms with E-state index in [9.17, 15) is 0 Å². The first kappa shape index (κ1) is 11.2. The molecule has 2 heterocycles. The quantitative estimate of drug-likeness (QED) is 0.490. The zero-order valence-corrected chi connectivity index (χ0v) is 10.1. The van der Waals surface area contributed by atoms with Crippen LogP contribution in [0.1, 0.15) is 58.3 Å². The molecule has 0 aromatic carbocycles. The van der Waals surface area contributed by atoms with E-state index in [0.717, 1.165) is 12.1 Å². The lowest BCUT2D eigenvalue weighted by atomic mass is 9.99. The van der Waals surface area contributed by atoms with Crippen molar-refractivity contribution in [3.63, 3.8) is 0 Å². The van der Waals surface area contributed by atoms with Crippen molar-refractivity contribution >= 4 is 0 Å². The van der Waals surface area contributed by atoms with Crippen LogP contribution in [-0.2, 0) is 0 Å². The van der Waals surface area contributed by atoms with Gasteiger partial charge in [-0.1, -0.05) is 44.8 Å². The third kappa shape index (κ3) is 2.84. The van der Waals surface area contributed by atoms with E-state index in [-0.39, 0.29) is 0 Å². The van der Waals surface area contributed by atoms with Crippen LogP contribution in [0.3, 0.4) is 0 Å². The van der Waals surface area contributed by atoms with E-state index in [1.54, 1.807) is 0 Å². The highest BCUT2D eigenvalue weighted by molar-refractivity contribution is 5.05. The van der Waals surface area contributed by atoms with Crippen LogP contribution in [0.15, 0.2) is 12.2 Å². The number of unbranched alkanes of at least 4 members (excludes halogenated alkanes) is 3. The molecule has 0 unspecified atom stereocenters. The van der Waals surface area contributed by atoms with Crippen LogP contribution >= 0.6 is 0 Å². The number of nitrogens with zero attached hydrogens (tertiary/aromatic N) is 1. The molecule has 0 saturated carbocycles. The topological polar surface area (TPSA) is 3.24 Å². The minimum absolute atomic E-state index is 0.781. The summed E-state index contributed by atoms with van der Waals surface area (Å²) in [5.41, 5.74) is 0. The van der Waals surface area contributed by atoms with E-state index in [1.807, 2.05) is 0 Å². The summed E-state index contributed by atoms with van der Waals surface area (Å²) in [6.45, 7) is 3.64. The summed E-state index contributed by atoms with van der Waals surface area (Å²) in [4.78, 5) is 2.76. The maximum atomic E-state index is 2.76. The molecule has 0 bridgehead atoms. The molecule has 2 rings (SSSR count). The largest absolute Gasteiger partial charge is 0.294 e. The smallest absolute Gasteiger partial charge is 0.0281 e. The first-order valence-electron chi connectivity index (χ1n) is 6.84. The molecule has 0 aromatic rings. The Morgan fingerprint density at radius 1 is 1.27 bits per heavy atom. The fraction of sp³-hybridized carbons (Fsp3) is 0.857. The van der Waals surface area contributed by atoms with Gasteiger partial charge in [-0.2, -0.15) is 0 Å². The summed E-state index contributed by atoms with van der Waals surface area (Å²) in [7, 11) is 0. The van der Waals surface area contributed by atoms with Gasteiger partial charge in [0.2, 0.25) is 0 Å². The molecule has 2 aliphatic heterocycles. The number of hydrogen-bond acceptors (Lipinski definition) is 1. The molecular formula is C14H25N. The maximum absolute atomic E-state index is 2.76. The van der Waals surface area contributed by atoms with Crippen LogP contribution in [0.25, 0.3) is 0 Å². The Bertz CT molecular complexity index is 209. The maximum Gasteiger partial charge on any atom is 0.0281 e. The second-order valence-electron chi connectivity index (χ2n) is 5.11. The van der Waals surface area contributed by atoms with Crippen LogP contribution in [0, 0.1) is 0 Å². The van der Waals surface area contributed by atoms with E-state index < -0.39 is 0 Å². The van der Waals surface area contributed by atoms with Crippen LogP contribution in [0.4, 0.5) is 0 Å². The molecule has 1 saturated heterocycles. The normalized spacial score (nSPS) is 30.7. The van der Waals surface area contributed by atoms with Gasteiger partial charge in [-0.15, -0.1) is 0 Å². The first-order valence-corrected chi connectivity index (χ1v) is 6.84. The summed E-state index contributed by atoms with van der Waals surface area (Å²) in [5, 5.41) is 0. The molecule has 0 N–H and O–H groups in total. The molecule has 1 heteroatoms. The highest BCUT2D eigenvalue weighted by atomic mass is 15.2. The van der Waals surface area contributed by atoms with Crippen molar-refractivity contribution in [2.24, 2.45) is 0 Å². The van der Waals surface area contributed by atoms with Crippen LogP contribution in [-0.4, -0.2) is 23.5 Å². The lowest BCUT2D eigenvalue weighted by Crippen LogP contribution is -2.40. The standard InChI is InChI=1S/C14H25N/c1-2-3-4-5-8-13-9-6-10-14-11-7-12-15(13)14/h6,9,13-14H,2-5,7-8,10-12H2,1H3/t13-,14+/m0/s1. The predicted molar refractivity (Wildman–Crippen MR) is 66.0 cm³/mol. The molecule has 0 aliphatic carbocycles. The van der Waals surface area contributed by atoms with Gasteiger partial charge in [-0.05, 0) is 32.2 Å². The average molecular weight is 207 g/mol. The zero-order chi connectivity index (χ0) is 10.5. The molecule has 0 radical (unpaired) electrons. The molecule has 1 nitrogen and oxygen atoms in total. The lowest BCUT2D eigenvalue weighted by Gasteiger charge is -2.34. The van der Waals surface area contributed by atoms with Crippen LogP contribution in [0.5, 0.6) is 0 Å². The van der Waals surface area contributed by atoms with E-state index in [4.69, 9.17) is 0 Å². The zero-order valence-electron chi connectivity index (χ0n) is 10.1. The fourth-order valence-corrected chi connectivity index (χ4v) is 3.09. The summed E-state index contributed by atoms with van der Waals surface area (Å²) in [6.07, 6.45) is 16.1. The number of rotatable bonds is 5. The number of hydrogen-bond donors (Lipinski definition) is 0. The second kappa shape index (κ2) is 5.69. The molecule has 86 valence electrons. The van der Waals surface area contributed by atoms with Gasteiger partial charge in [0.25, 0.3) is 0 Å². The first-order chi connectivity index (χ1) is 7.42. The molecular weight excluding hydrogens is 182 g/mol. The lowest BCUT2D eigenvalue weighted by molar-refractivity contribution is 0.189. The molecule has 1 fully saturated rings. The van der Waals surface area contributed by atoms with Crippen molar-refractivity contribution in [2.45, 2.75) is 70.4 Å². The minimum atomic E-state index is 0.781. The molecule has 2 aliphatic rings. The minimum Gasteiger partial charge on any atom is -0.294 e. The third-order valence-electron chi connectivity index (χ3n) is 3.97. The molecule has 0 aromatic heterocycles. The Kier molecular flexibility index (Phi) is 4.25. The molecule has 2 atom stereocenters. The van der Waals surface area contributed by atoms with E-state index in [1.165, 1.54) is 57.9 Å². The van der Waals surface area contributed by atoms with Crippen molar-refractivity contribution in [3.8, 4) is 0 Å². The van der Waals surface area contributed by atoms with Crippen LogP contribution in [0.2, 0.25) is 0 Å². The Morgan fingerprint density at radius 3 is 3.07 bits per heavy atom. The average Bonchev–Trinajstić information content (AvgIpc) is 2.73. The Hall–Kier alpha value is -0.300. The van der Waals surface area contributed by atoms with Gasteiger partial charge in [0.1, 0.15) is 0 Å². The Labute approximate surface area is 94.5 Å². The number of fused-ring (bicyclic) bond motifs is 1. The summed E-state index contributed by atoms with van der Waals surface area (Å²) < 4.78 is 0. The summed E-state index contributed by atoms with van der Waals surface area (Å²) in [5.74, 6) is 0. The third-order valence-corrected chi connectivity index (χ3v) is 3.97. The fourth-order valence-electron chi connectivity index (χ4n) is 3.09. The van der Waals surface area contributed by atoms with Gasteiger partial charge in [0.05, 0.1) is 0 Å². The van der Waals surface area contributed by atoms with Gasteiger partial charge in [0, 0.05) is 12.1 Å². The van der Waals surface area contributed by atoms with Gasteiger partial charge in [0.15, 0.2) is 0 Å². The summed E-state index contributed by atoms with van der Waals surface area (Å²) in [6, 6.07) is 1.68. The Morgan fingerprint density at radius 2 is 2.20 bits per heavy atom. The summed E-state index contributed by atoms with van der Waals surface area (Å²) >= 11 is 0. The van der Waals surface area contributed by atoms with Crippen molar-refractivity contribution in [2.75, 3.05) is 6.54 Å². The van der Waals surface area contributed by atoms with E-state index in [2.05, 4.69) is 24.0 Å². The monoisotopic (exact) mass is 207 g/mol. The van der Waals surface area contributed by atoms with Crippen molar-refractivity contribution in [3.05, 3.63) is 12.2 Å². The molecule has 0 amide bonds. The highest BCUT2D eigenvalue weighted by Crippen LogP contribution is 2.29. The van der Waals surface area contributed by atoms with Gasteiger partial charge >= 0.3 is 0 Å². The Balaban J connectivity index is 1.75. The van der Waals surface area contributed by atoms with Gasteiger partial charge < -0.3 is 0 Å². The highest BCUT2D eigenvalue weighted by Gasteiger charge is 2.30. The SMILES string of the molecule is CCCCCC[C@H]1C=CC[C@@H]2CCCN21. The molecule has 15 heavy (non-hydrogen) atoms.